The summed E-state index contributed by atoms with van der Waals surface area (Å²) in [6.45, 7) is 0.416. The van der Waals surface area contributed by atoms with Gasteiger partial charge in [-0.1, -0.05) is 5.16 Å². The van der Waals surface area contributed by atoms with E-state index in [4.69, 9.17) is 4.52 Å². The lowest BCUT2D eigenvalue weighted by Gasteiger charge is -2.61. The Labute approximate surface area is 180 Å². The summed E-state index contributed by atoms with van der Waals surface area (Å²) in [5.41, 5.74) is 1.28. The lowest BCUT2D eigenvalue weighted by atomic mass is 9.46. The lowest BCUT2D eigenvalue weighted by molar-refractivity contribution is -0.166. The van der Waals surface area contributed by atoms with Crippen molar-refractivity contribution in [2.45, 2.75) is 50.6 Å². The molecular formula is C23H26N6O2. The van der Waals surface area contributed by atoms with Crippen LogP contribution in [0, 0.1) is 17.3 Å². The van der Waals surface area contributed by atoms with E-state index >= 15 is 0 Å². The smallest absolute Gasteiger partial charge is 0.229 e. The number of amides is 1. The third-order valence-electron chi connectivity index (χ3n) is 7.64. The van der Waals surface area contributed by atoms with E-state index in [-0.39, 0.29) is 16.9 Å². The average Bonchev–Trinajstić information content (AvgIpc) is 3.46. The summed E-state index contributed by atoms with van der Waals surface area (Å²) >= 11 is 0. The van der Waals surface area contributed by atoms with E-state index in [9.17, 15) is 4.79 Å². The minimum atomic E-state index is -0.309. The van der Waals surface area contributed by atoms with Gasteiger partial charge in [0.25, 0.3) is 0 Å². The molecule has 0 aliphatic heterocycles. The van der Waals surface area contributed by atoms with Crippen molar-refractivity contribution in [3.05, 3.63) is 49.0 Å². The normalized spacial score (nSPS) is 31.1. The van der Waals surface area contributed by atoms with E-state index < -0.39 is 0 Å². The van der Waals surface area contributed by atoms with Crippen LogP contribution in [-0.2, 0) is 16.9 Å². The first-order valence-corrected chi connectivity index (χ1v) is 11.0. The first-order valence-electron chi connectivity index (χ1n) is 11.0. The van der Waals surface area contributed by atoms with Crippen LogP contribution < -0.4 is 0 Å². The fourth-order valence-electron chi connectivity index (χ4n) is 6.93. The Kier molecular flexibility index (Phi) is 4.07. The van der Waals surface area contributed by atoms with Gasteiger partial charge in [-0.25, -0.2) is 9.67 Å². The maximum Gasteiger partial charge on any atom is 0.229 e. The third-order valence-corrected chi connectivity index (χ3v) is 7.64. The molecular weight excluding hydrogens is 392 g/mol. The average molecular weight is 419 g/mol. The molecule has 1 amide bonds. The number of carbonyl (C=O) groups is 1. The van der Waals surface area contributed by atoms with Gasteiger partial charge in [0.2, 0.25) is 5.91 Å². The zero-order valence-electron chi connectivity index (χ0n) is 17.6. The predicted molar refractivity (Wildman–Crippen MR) is 111 cm³/mol. The van der Waals surface area contributed by atoms with E-state index in [1.807, 2.05) is 41.2 Å². The number of carbonyl (C=O) groups excluding carboxylic acids is 1. The Morgan fingerprint density at radius 3 is 2.81 bits per heavy atom. The van der Waals surface area contributed by atoms with E-state index in [2.05, 4.69) is 20.2 Å². The quantitative estimate of drug-likeness (QED) is 0.632. The van der Waals surface area contributed by atoms with Crippen LogP contribution in [0.15, 0.2) is 47.8 Å². The third kappa shape index (κ3) is 2.99. The van der Waals surface area contributed by atoms with Gasteiger partial charge in [0.1, 0.15) is 18.3 Å². The molecule has 8 nitrogen and oxygen atoms in total. The molecule has 160 valence electrons. The van der Waals surface area contributed by atoms with Crippen molar-refractivity contribution in [3.8, 4) is 11.3 Å². The summed E-state index contributed by atoms with van der Waals surface area (Å²) < 4.78 is 7.59. The monoisotopic (exact) mass is 418 g/mol. The molecule has 4 aliphatic carbocycles. The predicted octanol–water partition coefficient (Wildman–Crippen LogP) is 3.28. The lowest BCUT2D eigenvalue weighted by Crippen LogP contribution is -2.61. The van der Waals surface area contributed by atoms with Gasteiger partial charge in [-0.3, -0.25) is 9.78 Å². The largest absolute Gasteiger partial charge is 0.359 e. The second kappa shape index (κ2) is 6.73. The number of rotatable bonds is 5. The molecule has 0 spiro atoms. The highest BCUT2D eigenvalue weighted by Crippen LogP contribution is 2.64. The van der Waals surface area contributed by atoms with E-state index in [0.717, 1.165) is 43.4 Å². The number of pyridine rings is 1. The molecule has 0 N–H and O–H groups in total. The summed E-state index contributed by atoms with van der Waals surface area (Å²) in [6.07, 6.45) is 13.2. The molecule has 0 radical (unpaired) electrons. The van der Waals surface area contributed by atoms with Gasteiger partial charge in [-0.05, 0) is 62.5 Å². The van der Waals surface area contributed by atoms with Crippen molar-refractivity contribution in [2.24, 2.45) is 17.3 Å². The second-order valence-corrected chi connectivity index (χ2v) is 9.89. The first kappa shape index (κ1) is 18.7. The van der Waals surface area contributed by atoms with Crippen molar-refractivity contribution in [2.75, 3.05) is 7.05 Å². The van der Waals surface area contributed by atoms with Gasteiger partial charge < -0.3 is 9.42 Å². The molecule has 2 atom stereocenters. The molecule has 31 heavy (non-hydrogen) atoms. The molecule has 7 rings (SSSR count). The molecule has 8 heteroatoms. The van der Waals surface area contributed by atoms with Crippen molar-refractivity contribution in [1.82, 2.24) is 29.8 Å². The van der Waals surface area contributed by atoms with Crippen LogP contribution in [0.3, 0.4) is 0 Å². The molecule has 4 saturated carbocycles. The molecule has 2 unspecified atom stereocenters. The Hall–Kier alpha value is -3.03. The second-order valence-electron chi connectivity index (χ2n) is 9.89. The fraction of sp³-hybridized carbons (Fsp3) is 0.522. The van der Waals surface area contributed by atoms with Crippen LogP contribution in [0.2, 0.25) is 0 Å². The summed E-state index contributed by atoms with van der Waals surface area (Å²) in [5.74, 6) is 2.09. The van der Waals surface area contributed by atoms with Gasteiger partial charge in [0, 0.05) is 31.1 Å². The summed E-state index contributed by atoms with van der Waals surface area (Å²) in [7, 11) is 1.88. The number of hydrogen-bond donors (Lipinski definition) is 0. The van der Waals surface area contributed by atoms with Crippen molar-refractivity contribution in [1.29, 1.82) is 0 Å². The molecule has 0 saturated heterocycles. The topological polar surface area (TPSA) is 89.9 Å². The van der Waals surface area contributed by atoms with Gasteiger partial charge in [-0.2, -0.15) is 5.10 Å². The van der Waals surface area contributed by atoms with Crippen LogP contribution in [0.5, 0.6) is 0 Å². The molecule has 3 aromatic rings. The van der Waals surface area contributed by atoms with E-state index in [1.54, 1.807) is 18.7 Å². The zero-order chi connectivity index (χ0) is 21.1. The Morgan fingerprint density at radius 1 is 1.26 bits per heavy atom. The van der Waals surface area contributed by atoms with E-state index in [1.165, 1.54) is 6.42 Å². The number of aromatic nitrogens is 5. The van der Waals surface area contributed by atoms with Gasteiger partial charge in [0.15, 0.2) is 5.76 Å². The highest BCUT2D eigenvalue weighted by atomic mass is 16.5. The maximum atomic E-state index is 13.8. The van der Waals surface area contributed by atoms with Crippen LogP contribution in [0.1, 0.15) is 44.3 Å². The van der Waals surface area contributed by atoms with Crippen LogP contribution >= 0.6 is 0 Å². The van der Waals surface area contributed by atoms with Crippen LogP contribution in [0.25, 0.3) is 11.3 Å². The Morgan fingerprint density at radius 2 is 2.10 bits per heavy atom. The standard InChI is InChI=1S/C23H26N6O2/c1-28(12-19-6-20(27-31-19)18-3-2-4-24-11-18)21(30)22-7-16-5-17(8-22)10-23(9-16,13-22)29-15-25-14-26-29/h2-4,6,11,14-17H,5,7-10,12-13H2,1H3. The highest BCUT2D eigenvalue weighted by Gasteiger charge is 2.62. The SMILES string of the molecule is CN(Cc1cc(-c2cccnc2)no1)C(=O)C12CC3CC(C1)CC(n1cncn1)(C3)C2. The molecule has 3 aromatic heterocycles. The number of hydrogen-bond acceptors (Lipinski definition) is 6. The van der Waals surface area contributed by atoms with Gasteiger partial charge >= 0.3 is 0 Å². The maximum absolute atomic E-state index is 13.8. The first-order chi connectivity index (χ1) is 15.1. The molecule has 4 bridgehead atoms. The van der Waals surface area contributed by atoms with Crippen molar-refractivity contribution in [3.63, 3.8) is 0 Å². The van der Waals surface area contributed by atoms with Crippen LogP contribution in [-0.4, -0.2) is 42.8 Å². The zero-order valence-corrected chi connectivity index (χ0v) is 17.6. The van der Waals surface area contributed by atoms with Crippen LogP contribution in [0.4, 0.5) is 0 Å². The summed E-state index contributed by atoms with van der Waals surface area (Å²) in [4.78, 5) is 24.0. The molecule has 3 heterocycles. The Balaban J connectivity index is 1.23. The molecule has 4 aliphatic rings. The minimum absolute atomic E-state index is 0.0587. The van der Waals surface area contributed by atoms with Gasteiger partial charge in [-0.15, -0.1) is 0 Å². The molecule has 0 aromatic carbocycles. The van der Waals surface area contributed by atoms with Crippen molar-refractivity contribution < 1.29 is 9.32 Å². The van der Waals surface area contributed by atoms with Crippen molar-refractivity contribution >= 4 is 5.91 Å². The fourth-order valence-corrected chi connectivity index (χ4v) is 6.93. The highest BCUT2D eigenvalue weighted by molar-refractivity contribution is 5.83. The minimum Gasteiger partial charge on any atom is -0.359 e. The van der Waals surface area contributed by atoms with Gasteiger partial charge in [0.05, 0.1) is 17.5 Å². The summed E-state index contributed by atoms with van der Waals surface area (Å²) in [6, 6.07) is 5.72. The number of nitrogens with zero attached hydrogens (tertiary/aromatic N) is 6. The molecule has 4 fully saturated rings. The van der Waals surface area contributed by atoms with E-state index in [0.29, 0.717) is 24.1 Å². The summed E-state index contributed by atoms with van der Waals surface area (Å²) in [5, 5.41) is 8.66. The Bertz CT molecular complexity index is 1080.